The van der Waals surface area contributed by atoms with E-state index in [0.29, 0.717) is 6.04 Å². The molecule has 3 aliphatic heterocycles. The van der Waals surface area contributed by atoms with Gasteiger partial charge < -0.3 is 29.9 Å². The second-order valence-corrected chi connectivity index (χ2v) is 15.1. The van der Waals surface area contributed by atoms with Gasteiger partial charge >= 0.3 is 0 Å². The molecular formula is C47H41N7O. The summed E-state index contributed by atoms with van der Waals surface area (Å²) in [6.45, 7) is 2.07. The van der Waals surface area contributed by atoms with Crippen LogP contribution in [0.2, 0.25) is 0 Å². The molecule has 55 heavy (non-hydrogen) atoms. The molecule has 3 atom stereocenters. The minimum Gasteiger partial charge on any atom is -0.465 e. The second kappa shape index (κ2) is 13.3. The molecule has 4 N–H and O–H groups in total. The molecule has 0 radical (unpaired) electrons. The summed E-state index contributed by atoms with van der Waals surface area (Å²) in [5.74, 6) is 2.87. The molecule has 0 amide bonds. The van der Waals surface area contributed by atoms with Crippen molar-refractivity contribution >= 4 is 10.9 Å². The van der Waals surface area contributed by atoms with E-state index in [1.165, 1.54) is 29.5 Å². The lowest BCUT2D eigenvalue weighted by atomic mass is 9.98. The molecule has 5 aromatic carbocycles. The quantitative estimate of drug-likeness (QED) is 0.132. The lowest BCUT2D eigenvalue weighted by molar-refractivity contribution is 0.173. The highest BCUT2D eigenvalue weighted by atomic mass is 16.5. The number of H-pyrrole nitrogens is 2. The Labute approximate surface area is 319 Å². The number of nitrogens with zero attached hydrogens (tertiary/aromatic N) is 3. The van der Waals surface area contributed by atoms with Crippen molar-refractivity contribution in [3.05, 3.63) is 151 Å². The summed E-state index contributed by atoms with van der Waals surface area (Å²) in [5, 5.41) is 8.28. The van der Waals surface area contributed by atoms with Gasteiger partial charge in [0, 0.05) is 27.6 Å². The molecule has 3 aromatic heterocycles. The Bertz CT molecular complexity index is 2660. The van der Waals surface area contributed by atoms with Gasteiger partial charge in [-0.2, -0.15) is 0 Å². The number of hydrogen-bond donors (Lipinski definition) is 4. The van der Waals surface area contributed by atoms with E-state index in [9.17, 15) is 0 Å². The van der Waals surface area contributed by atoms with Crippen LogP contribution in [-0.4, -0.2) is 37.6 Å². The maximum Gasteiger partial charge on any atom is 0.203 e. The minimum absolute atomic E-state index is 0.280. The fourth-order valence-electron chi connectivity index (χ4n) is 8.77. The van der Waals surface area contributed by atoms with Crippen molar-refractivity contribution in [1.29, 1.82) is 0 Å². The molecule has 0 saturated carbocycles. The van der Waals surface area contributed by atoms with Gasteiger partial charge in [-0.25, -0.2) is 9.97 Å². The topological polar surface area (TPSA) is 95.6 Å². The van der Waals surface area contributed by atoms with Crippen LogP contribution in [-0.2, 0) is 0 Å². The monoisotopic (exact) mass is 719 g/mol. The molecule has 11 rings (SSSR count). The minimum atomic E-state index is -0.378. The number of nitrogens with one attached hydrogen (secondary N) is 4. The lowest BCUT2D eigenvalue weighted by Gasteiger charge is -2.31. The van der Waals surface area contributed by atoms with Crippen LogP contribution in [0, 0.1) is 0 Å². The Hall–Kier alpha value is -6.22. The number of aromatic amines is 2. The van der Waals surface area contributed by atoms with Gasteiger partial charge in [0.25, 0.3) is 0 Å². The second-order valence-electron chi connectivity index (χ2n) is 15.1. The average Bonchev–Trinajstić information content (AvgIpc) is 4.10. The van der Waals surface area contributed by atoms with Crippen LogP contribution in [0.25, 0.3) is 66.9 Å². The summed E-state index contributed by atoms with van der Waals surface area (Å²) in [5.41, 5.74) is 13.3. The Morgan fingerprint density at radius 1 is 0.564 bits per heavy atom. The number of ether oxygens (including phenoxy) is 1. The Balaban J connectivity index is 0.995. The van der Waals surface area contributed by atoms with Crippen molar-refractivity contribution in [3.63, 3.8) is 0 Å². The van der Waals surface area contributed by atoms with Crippen LogP contribution in [0.5, 0.6) is 5.75 Å². The fraction of sp³-hybridized carbons (Fsp3) is 0.191. The summed E-state index contributed by atoms with van der Waals surface area (Å²) < 4.78 is 9.48. The van der Waals surface area contributed by atoms with Crippen molar-refractivity contribution < 1.29 is 4.74 Å². The van der Waals surface area contributed by atoms with E-state index in [1.807, 2.05) is 12.4 Å². The zero-order valence-electron chi connectivity index (χ0n) is 30.4. The summed E-state index contributed by atoms with van der Waals surface area (Å²) in [6.07, 6.45) is 8.11. The predicted octanol–water partition coefficient (Wildman–Crippen LogP) is 10.2. The standard InChI is InChI=1S/C47H41N7O/c1-2-7-29(8-3-1)30-13-15-31(16-14-30)32-9-4-10-35(23-32)47-54-42-20-18-33(40-27-50-45(52-40)38-11-5-21-48-38)24-36(42)25-43(54)37-19-17-34(26-44(37)55-47)41-28-51-46(53-41)39-12-6-22-49-39/h1-4,7-10,13-20,23-28,38-39,47-49H,5-6,11-12,21-22H2,(H,50,52)(H,51,53). The molecule has 0 bridgehead atoms. The van der Waals surface area contributed by atoms with Crippen LogP contribution in [0.3, 0.4) is 0 Å². The summed E-state index contributed by atoms with van der Waals surface area (Å²) in [4.78, 5) is 16.7. The zero-order chi connectivity index (χ0) is 36.3. The number of rotatable bonds is 7. The number of aromatic nitrogens is 5. The zero-order valence-corrected chi connectivity index (χ0v) is 30.4. The predicted molar refractivity (Wildman–Crippen MR) is 219 cm³/mol. The fourth-order valence-corrected chi connectivity index (χ4v) is 8.77. The first-order chi connectivity index (χ1) is 27.2. The third-order valence-corrected chi connectivity index (χ3v) is 11.7. The molecule has 2 saturated heterocycles. The van der Waals surface area contributed by atoms with E-state index in [0.717, 1.165) is 99.1 Å². The number of hydrogen-bond acceptors (Lipinski definition) is 5. The van der Waals surface area contributed by atoms with Gasteiger partial charge in [-0.3, -0.25) is 0 Å². The van der Waals surface area contributed by atoms with Gasteiger partial charge in [0.15, 0.2) is 0 Å². The average molecular weight is 720 g/mol. The first kappa shape index (κ1) is 32.2. The van der Waals surface area contributed by atoms with Crippen LogP contribution < -0.4 is 15.4 Å². The van der Waals surface area contributed by atoms with Gasteiger partial charge in [0.1, 0.15) is 17.4 Å². The van der Waals surface area contributed by atoms with Crippen molar-refractivity contribution in [2.75, 3.05) is 13.1 Å². The van der Waals surface area contributed by atoms with E-state index in [1.54, 1.807) is 0 Å². The van der Waals surface area contributed by atoms with Crippen LogP contribution in [0.1, 0.15) is 61.2 Å². The highest BCUT2D eigenvalue weighted by molar-refractivity contribution is 5.92. The highest BCUT2D eigenvalue weighted by Crippen LogP contribution is 2.46. The molecule has 6 heterocycles. The van der Waals surface area contributed by atoms with E-state index in [4.69, 9.17) is 14.7 Å². The largest absolute Gasteiger partial charge is 0.465 e. The summed E-state index contributed by atoms with van der Waals surface area (Å²) >= 11 is 0. The van der Waals surface area contributed by atoms with Gasteiger partial charge in [0.05, 0.1) is 47.1 Å². The van der Waals surface area contributed by atoms with Gasteiger partial charge in [-0.1, -0.05) is 84.9 Å². The SMILES string of the molecule is c1ccc(-c2ccc(-c3cccc(C4Oc5cc(-c6cnc(C7CCCN7)[nH]6)ccc5-c5cc6cc(-c7cnc(C8CCCN8)[nH]7)ccc6n54)c3)cc2)cc1. The Kier molecular flexibility index (Phi) is 7.77. The number of fused-ring (bicyclic) bond motifs is 5. The maximum absolute atomic E-state index is 7.12. The smallest absolute Gasteiger partial charge is 0.203 e. The number of imidazole rings is 2. The van der Waals surface area contributed by atoms with Crippen molar-refractivity contribution in [3.8, 4) is 61.8 Å². The molecule has 3 unspecified atom stereocenters. The molecular weight excluding hydrogens is 679 g/mol. The molecule has 0 aliphatic carbocycles. The third kappa shape index (κ3) is 5.77. The van der Waals surface area contributed by atoms with Gasteiger partial charge in [0.2, 0.25) is 6.23 Å². The lowest BCUT2D eigenvalue weighted by Crippen LogP contribution is -2.22. The maximum atomic E-state index is 7.12. The van der Waals surface area contributed by atoms with E-state index in [2.05, 4.69) is 146 Å². The summed E-state index contributed by atoms with van der Waals surface area (Å²) in [7, 11) is 0. The summed E-state index contributed by atoms with van der Waals surface area (Å²) in [6, 6.07) is 44.3. The molecule has 8 nitrogen and oxygen atoms in total. The van der Waals surface area contributed by atoms with Crippen LogP contribution in [0.4, 0.5) is 0 Å². The molecule has 2 fully saturated rings. The van der Waals surface area contributed by atoms with Crippen LogP contribution >= 0.6 is 0 Å². The van der Waals surface area contributed by atoms with Crippen molar-refractivity contribution in [2.45, 2.75) is 44.0 Å². The Morgan fingerprint density at radius 2 is 1.18 bits per heavy atom. The van der Waals surface area contributed by atoms with Crippen LogP contribution in [0.15, 0.2) is 134 Å². The molecule has 8 aromatic rings. The molecule has 3 aliphatic rings. The van der Waals surface area contributed by atoms with Gasteiger partial charge in [-0.15, -0.1) is 0 Å². The van der Waals surface area contributed by atoms with Crippen molar-refractivity contribution in [2.24, 2.45) is 0 Å². The van der Waals surface area contributed by atoms with Crippen molar-refractivity contribution in [1.82, 2.24) is 35.1 Å². The van der Waals surface area contributed by atoms with E-state index in [-0.39, 0.29) is 12.3 Å². The van der Waals surface area contributed by atoms with Gasteiger partial charge in [-0.05, 0) is 97.4 Å². The van der Waals surface area contributed by atoms with E-state index < -0.39 is 0 Å². The first-order valence-corrected chi connectivity index (χ1v) is 19.5. The molecule has 0 spiro atoms. The molecule has 270 valence electrons. The first-order valence-electron chi connectivity index (χ1n) is 19.5. The normalized spacial score (nSPS) is 19.0. The Morgan fingerprint density at radius 3 is 1.87 bits per heavy atom. The van der Waals surface area contributed by atoms with E-state index >= 15 is 0 Å². The molecule has 8 heteroatoms. The highest BCUT2D eigenvalue weighted by Gasteiger charge is 2.30. The number of benzene rings is 5. The third-order valence-electron chi connectivity index (χ3n) is 11.7.